The molecular weight excluding hydrogens is 242 g/mol. The first-order chi connectivity index (χ1) is 9.11. The molecule has 0 saturated carbocycles. The number of carbonyl (C=O) groups excluding carboxylic acids is 1. The van der Waals surface area contributed by atoms with Crippen molar-refractivity contribution in [2.45, 2.75) is 6.42 Å². The van der Waals surface area contributed by atoms with Crippen LogP contribution in [0.25, 0.3) is 0 Å². The zero-order valence-electron chi connectivity index (χ0n) is 10.4. The Bertz CT molecular complexity index is 617. The molecule has 0 bridgehead atoms. The first-order valence-corrected chi connectivity index (χ1v) is 5.66. The number of hydrogen-bond donors (Lipinski definition) is 2. The molecule has 0 unspecified atom stereocenters. The van der Waals surface area contributed by atoms with E-state index in [9.17, 15) is 4.79 Å². The van der Waals surface area contributed by atoms with Gasteiger partial charge in [-0.05, 0) is 17.7 Å². The number of benzene rings is 1. The number of hydrogen-bond acceptors (Lipinski definition) is 4. The Balaban J connectivity index is 2.13. The van der Waals surface area contributed by atoms with Crippen molar-refractivity contribution in [2.24, 2.45) is 7.05 Å². The van der Waals surface area contributed by atoms with Gasteiger partial charge in [0.05, 0.1) is 24.4 Å². The molecule has 0 aliphatic rings. The van der Waals surface area contributed by atoms with Crippen molar-refractivity contribution in [2.75, 3.05) is 11.1 Å². The van der Waals surface area contributed by atoms with Crippen LogP contribution in [0.1, 0.15) is 16.1 Å². The minimum Gasteiger partial charge on any atom is -0.396 e. The van der Waals surface area contributed by atoms with Crippen molar-refractivity contribution < 1.29 is 4.79 Å². The van der Waals surface area contributed by atoms with Crippen LogP contribution < -0.4 is 11.1 Å². The van der Waals surface area contributed by atoms with Gasteiger partial charge in [0.1, 0.15) is 5.69 Å². The molecule has 0 aliphatic carbocycles. The Morgan fingerprint density at radius 1 is 1.47 bits per heavy atom. The number of nitrogens with zero attached hydrogens (tertiary/aromatic N) is 3. The summed E-state index contributed by atoms with van der Waals surface area (Å²) < 4.78 is 1.43. The summed E-state index contributed by atoms with van der Waals surface area (Å²) in [5, 5.41) is 15.2. The average Bonchev–Trinajstić information content (AvgIpc) is 2.72. The number of rotatable bonds is 3. The van der Waals surface area contributed by atoms with Crippen LogP contribution in [-0.2, 0) is 13.5 Å². The highest BCUT2D eigenvalue weighted by Gasteiger charge is 2.14. The van der Waals surface area contributed by atoms with Gasteiger partial charge in [-0.25, -0.2) is 0 Å². The number of nitrogen functional groups attached to an aromatic ring is 1. The molecule has 2 rings (SSSR count). The molecule has 0 aliphatic heterocycles. The van der Waals surface area contributed by atoms with Crippen LogP contribution in [0, 0.1) is 11.3 Å². The highest BCUT2D eigenvalue weighted by molar-refractivity contribution is 6.06. The number of amides is 1. The molecule has 96 valence electrons. The van der Waals surface area contributed by atoms with Crippen molar-refractivity contribution in [3.63, 3.8) is 0 Å². The molecule has 2 aromatic rings. The average molecular weight is 255 g/mol. The molecule has 0 saturated heterocycles. The summed E-state index contributed by atoms with van der Waals surface area (Å²) in [4.78, 5) is 12.0. The van der Waals surface area contributed by atoms with Gasteiger partial charge < -0.3 is 11.1 Å². The van der Waals surface area contributed by atoms with Gasteiger partial charge in [-0.2, -0.15) is 10.4 Å². The number of nitrogens with one attached hydrogen (secondary N) is 1. The van der Waals surface area contributed by atoms with Gasteiger partial charge in [-0.1, -0.05) is 12.1 Å². The van der Waals surface area contributed by atoms with Gasteiger partial charge in [0.15, 0.2) is 0 Å². The number of anilines is 2. The van der Waals surface area contributed by atoms with Gasteiger partial charge in [0, 0.05) is 12.7 Å². The van der Waals surface area contributed by atoms with E-state index in [0.29, 0.717) is 23.5 Å². The number of nitriles is 1. The third-order valence-electron chi connectivity index (χ3n) is 2.68. The predicted octanol–water partition coefficient (Wildman–Crippen LogP) is 1.32. The second kappa shape index (κ2) is 5.23. The van der Waals surface area contributed by atoms with Crippen molar-refractivity contribution in [1.82, 2.24) is 9.78 Å². The lowest BCUT2D eigenvalue weighted by Crippen LogP contribution is -2.17. The minimum absolute atomic E-state index is 0.314. The summed E-state index contributed by atoms with van der Waals surface area (Å²) in [7, 11) is 1.65. The maximum absolute atomic E-state index is 12.0. The fraction of sp³-hybridized carbons (Fsp3) is 0.154. The lowest BCUT2D eigenvalue weighted by molar-refractivity contribution is 0.101. The summed E-state index contributed by atoms with van der Waals surface area (Å²) in [6.07, 6.45) is 1.79. The quantitative estimate of drug-likeness (QED) is 0.864. The normalized spacial score (nSPS) is 9.89. The Morgan fingerprint density at radius 3 is 2.68 bits per heavy atom. The first-order valence-electron chi connectivity index (χ1n) is 5.66. The molecule has 6 nitrogen and oxygen atoms in total. The summed E-state index contributed by atoms with van der Waals surface area (Å²) in [5.41, 5.74) is 7.88. The molecule has 1 amide bonds. The minimum atomic E-state index is -0.314. The molecule has 1 heterocycles. The highest BCUT2D eigenvalue weighted by Crippen LogP contribution is 2.14. The molecular formula is C13H13N5O. The van der Waals surface area contributed by atoms with Crippen LogP contribution in [0.15, 0.2) is 30.5 Å². The Hall–Kier alpha value is -2.81. The fourth-order valence-electron chi connectivity index (χ4n) is 1.72. The van der Waals surface area contributed by atoms with Crippen molar-refractivity contribution in [3.8, 4) is 6.07 Å². The van der Waals surface area contributed by atoms with Crippen molar-refractivity contribution in [1.29, 1.82) is 5.26 Å². The second-order valence-electron chi connectivity index (χ2n) is 4.06. The topological polar surface area (TPSA) is 96.7 Å². The largest absolute Gasteiger partial charge is 0.396 e. The van der Waals surface area contributed by atoms with Crippen molar-refractivity contribution in [3.05, 3.63) is 41.7 Å². The van der Waals surface area contributed by atoms with Crippen LogP contribution in [0.5, 0.6) is 0 Å². The van der Waals surface area contributed by atoms with E-state index in [-0.39, 0.29) is 5.91 Å². The molecule has 0 spiro atoms. The number of aryl methyl sites for hydroxylation is 1. The number of aromatic nitrogens is 2. The van der Waals surface area contributed by atoms with E-state index in [2.05, 4.69) is 16.5 Å². The first kappa shape index (κ1) is 12.6. The molecule has 0 fully saturated rings. The van der Waals surface area contributed by atoms with E-state index < -0.39 is 0 Å². The van der Waals surface area contributed by atoms with E-state index >= 15 is 0 Å². The molecule has 3 N–H and O–H groups in total. The van der Waals surface area contributed by atoms with Gasteiger partial charge in [-0.3, -0.25) is 9.48 Å². The van der Waals surface area contributed by atoms with Gasteiger partial charge >= 0.3 is 0 Å². The maximum Gasteiger partial charge on any atom is 0.276 e. The molecule has 0 atom stereocenters. The van der Waals surface area contributed by atoms with E-state index in [1.807, 2.05) is 0 Å². The molecule has 6 heteroatoms. The molecule has 0 radical (unpaired) electrons. The van der Waals surface area contributed by atoms with Gasteiger partial charge in [0.2, 0.25) is 0 Å². The summed E-state index contributed by atoms with van der Waals surface area (Å²) in [5.74, 6) is -0.314. The van der Waals surface area contributed by atoms with Gasteiger partial charge in [0.25, 0.3) is 5.91 Å². The summed E-state index contributed by atoms with van der Waals surface area (Å²) in [6, 6.07) is 9.15. The lowest BCUT2D eigenvalue weighted by atomic mass is 10.1. The van der Waals surface area contributed by atoms with Crippen LogP contribution in [-0.4, -0.2) is 15.7 Å². The van der Waals surface area contributed by atoms with Crippen LogP contribution >= 0.6 is 0 Å². The predicted molar refractivity (Wildman–Crippen MR) is 71.3 cm³/mol. The van der Waals surface area contributed by atoms with Crippen LogP contribution in [0.4, 0.5) is 11.4 Å². The molecule has 19 heavy (non-hydrogen) atoms. The maximum atomic E-state index is 12.0. The molecule has 1 aromatic carbocycles. The fourth-order valence-corrected chi connectivity index (χ4v) is 1.72. The zero-order valence-corrected chi connectivity index (χ0v) is 10.4. The summed E-state index contributed by atoms with van der Waals surface area (Å²) in [6.45, 7) is 0. The van der Waals surface area contributed by atoms with Gasteiger partial charge in [-0.15, -0.1) is 0 Å². The van der Waals surface area contributed by atoms with Crippen molar-refractivity contribution >= 4 is 17.3 Å². The smallest absolute Gasteiger partial charge is 0.276 e. The second-order valence-corrected chi connectivity index (χ2v) is 4.06. The van der Waals surface area contributed by atoms with Crippen LogP contribution in [0.2, 0.25) is 0 Å². The van der Waals surface area contributed by atoms with E-state index in [1.165, 1.54) is 10.9 Å². The van der Waals surface area contributed by atoms with E-state index in [0.717, 1.165) is 5.56 Å². The molecule has 1 aromatic heterocycles. The third-order valence-corrected chi connectivity index (χ3v) is 2.68. The monoisotopic (exact) mass is 255 g/mol. The Kier molecular flexibility index (Phi) is 3.48. The zero-order chi connectivity index (χ0) is 13.8. The lowest BCUT2D eigenvalue weighted by Gasteiger charge is -2.06. The Labute approximate surface area is 110 Å². The summed E-state index contributed by atoms with van der Waals surface area (Å²) >= 11 is 0. The Morgan fingerprint density at radius 2 is 2.16 bits per heavy atom. The third kappa shape index (κ3) is 2.72. The number of carbonyl (C=O) groups is 1. The van der Waals surface area contributed by atoms with E-state index in [1.54, 1.807) is 31.3 Å². The highest BCUT2D eigenvalue weighted by atomic mass is 16.2. The van der Waals surface area contributed by atoms with Crippen LogP contribution in [0.3, 0.4) is 0 Å². The standard InChI is InChI=1S/C13H13N5O/c1-18-12(11(15)8-16-18)13(19)17-10-4-2-9(3-5-10)6-7-14/h2-5,8H,6,15H2,1H3,(H,17,19). The number of nitrogens with two attached hydrogens (primary N) is 1. The SMILES string of the molecule is Cn1ncc(N)c1C(=O)Nc1ccc(CC#N)cc1. The van der Waals surface area contributed by atoms with E-state index in [4.69, 9.17) is 11.0 Å².